The molecule has 9 nitrogen and oxygen atoms in total. The number of hydrogen-bond donors (Lipinski definition) is 1. The zero-order chi connectivity index (χ0) is 22.5. The Bertz CT molecular complexity index is 1140. The van der Waals surface area contributed by atoms with Gasteiger partial charge < -0.3 is 14.8 Å². The Morgan fingerprint density at radius 2 is 1.81 bits per heavy atom. The molecule has 0 bridgehead atoms. The van der Waals surface area contributed by atoms with E-state index in [0.717, 1.165) is 17.0 Å². The zero-order valence-corrected chi connectivity index (χ0v) is 18.4. The predicted octanol–water partition coefficient (Wildman–Crippen LogP) is 1.98. The highest BCUT2D eigenvalue weighted by Gasteiger charge is 2.18. The molecule has 0 fully saturated rings. The van der Waals surface area contributed by atoms with Gasteiger partial charge >= 0.3 is 0 Å². The first-order chi connectivity index (χ1) is 14.8. The third kappa shape index (κ3) is 4.93. The summed E-state index contributed by atoms with van der Waals surface area (Å²) in [6.45, 7) is 5.84. The van der Waals surface area contributed by atoms with E-state index in [2.05, 4.69) is 15.5 Å². The molecule has 0 saturated heterocycles. The normalized spacial score (nSPS) is 11.8. The Morgan fingerprint density at radius 1 is 1.06 bits per heavy atom. The summed E-state index contributed by atoms with van der Waals surface area (Å²) in [7, 11) is 3.16. The van der Waals surface area contributed by atoms with Gasteiger partial charge in [-0.1, -0.05) is 6.07 Å². The smallest absolute Gasteiger partial charge is 0.267 e. The molecule has 1 N–H and O–H groups in total. The fourth-order valence-electron chi connectivity index (χ4n) is 3.29. The molecule has 3 rings (SSSR count). The van der Waals surface area contributed by atoms with E-state index in [-0.39, 0.29) is 11.5 Å². The molecule has 0 radical (unpaired) electrons. The maximum absolute atomic E-state index is 12.7. The van der Waals surface area contributed by atoms with Gasteiger partial charge in [0.2, 0.25) is 5.91 Å². The van der Waals surface area contributed by atoms with Gasteiger partial charge in [0, 0.05) is 18.3 Å². The van der Waals surface area contributed by atoms with E-state index in [4.69, 9.17) is 9.47 Å². The fraction of sp³-hybridized carbons (Fsp3) is 0.364. The molecule has 0 aliphatic rings. The first-order valence-electron chi connectivity index (χ1n) is 9.96. The van der Waals surface area contributed by atoms with Crippen molar-refractivity contribution in [3.63, 3.8) is 0 Å². The molecule has 1 aromatic carbocycles. The lowest BCUT2D eigenvalue weighted by atomic mass is 10.1. The van der Waals surface area contributed by atoms with Gasteiger partial charge in [-0.3, -0.25) is 9.59 Å². The highest BCUT2D eigenvalue weighted by molar-refractivity contribution is 5.79. The van der Waals surface area contributed by atoms with Crippen LogP contribution in [-0.4, -0.2) is 46.2 Å². The number of aromatic nitrogens is 4. The molecule has 164 valence electrons. The molecule has 0 saturated carbocycles. The molecular weight excluding hydrogens is 398 g/mol. The number of nitrogens with one attached hydrogen (secondary N) is 1. The molecule has 31 heavy (non-hydrogen) atoms. The van der Waals surface area contributed by atoms with E-state index in [9.17, 15) is 9.59 Å². The molecule has 2 aromatic heterocycles. The lowest BCUT2D eigenvalue weighted by Gasteiger charge is -2.15. The standard InChI is InChI=1S/C22H27N5O4/c1-14-12-15(2)26(24-14)20-8-9-21(28)27(25-20)16(3)22(29)23-11-10-17-6-7-18(30-4)19(13-17)31-5/h6-9,12-13,16H,10-11H2,1-5H3,(H,23,29). The number of ether oxygens (including phenoxy) is 2. The number of rotatable bonds is 8. The molecule has 0 spiro atoms. The second-order valence-electron chi connectivity index (χ2n) is 7.22. The Kier molecular flexibility index (Phi) is 6.74. The summed E-state index contributed by atoms with van der Waals surface area (Å²) in [4.78, 5) is 25.0. The number of methoxy groups -OCH3 is 2. The van der Waals surface area contributed by atoms with Gasteiger partial charge in [0.25, 0.3) is 5.56 Å². The molecular formula is C22H27N5O4. The Balaban J connectivity index is 1.68. The third-order valence-electron chi connectivity index (χ3n) is 4.94. The van der Waals surface area contributed by atoms with Crippen molar-refractivity contribution in [2.45, 2.75) is 33.2 Å². The zero-order valence-electron chi connectivity index (χ0n) is 18.4. The average Bonchev–Trinajstić information content (AvgIpc) is 3.11. The molecule has 1 unspecified atom stereocenters. The summed E-state index contributed by atoms with van der Waals surface area (Å²) in [5.74, 6) is 1.48. The van der Waals surface area contributed by atoms with Crippen LogP contribution in [0.5, 0.6) is 11.5 Å². The SMILES string of the molecule is COc1ccc(CCNC(=O)C(C)n2nc(-n3nc(C)cc3C)ccc2=O)cc1OC. The molecule has 9 heteroatoms. The highest BCUT2D eigenvalue weighted by atomic mass is 16.5. The van der Waals surface area contributed by atoms with Crippen molar-refractivity contribution < 1.29 is 14.3 Å². The van der Waals surface area contributed by atoms with Gasteiger partial charge in [-0.2, -0.15) is 5.10 Å². The number of benzene rings is 1. The second-order valence-corrected chi connectivity index (χ2v) is 7.22. The van der Waals surface area contributed by atoms with Crippen LogP contribution in [0.1, 0.15) is 29.9 Å². The van der Waals surface area contributed by atoms with Crippen molar-refractivity contribution in [2.24, 2.45) is 0 Å². The van der Waals surface area contributed by atoms with Crippen LogP contribution in [0.25, 0.3) is 5.82 Å². The minimum atomic E-state index is -0.769. The summed E-state index contributed by atoms with van der Waals surface area (Å²) in [5.41, 5.74) is 2.38. The van der Waals surface area contributed by atoms with Gasteiger partial charge in [-0.15, -0.1) is 5.10 Å². The Morgan fingerprint density at radius 3 is 2.45 bits per heavy atom. The van der Waals surface area contributed by atoms with E-state index in [1.165, 1.54) is 10.7 Å². The van der Waals surface area contributed by atoms with Crippen LogP contribution in [0.3, 0.4) is 0 Å². The van der Waals surface area contributed by atoms with Crippen LogP contribution in [-0.2, 0) is 11.2 Å². The van der Waals surface area contributed by atoms with Crippen LogP contribution < -0.4 is 20.3 Å². The number of carbonyl (C=O) groups is 1. The van der Waals surface area contributed by atoms with Crippen molar-refractivity contribution in [2.75, 3.05) is 20.8 Å². The molecule has 0 aliphatic carbocycles. The van der Waals surface area contributed by atoms with E-state index >= 15 is 0 Å². The lowest BCUT2D eigenvalue weighted by Crippen LogP contribution is -2.38. The number of carbonyl (C=O) groups excluding carboxylic acids is 1. The summed E-state index contributed by atoms with van der Waals surface area (Å²) in [6.07, 6.45) is 0.604. The van der Waals surface area contributed by atoms with Gasteiger partial charge in [-0.25, -0.2) is 9.36 Å². The quantitative estimate of drug-likeness (QED) is 0.592. The van der Waals surface area contributed by atoms with Crippen LogP contribution in [0.4, 0.5) is 0 Å². The predicted molar refractivity (Wildman–Crippen MR) is 116 cm³/mol. The third-order valence-corrected chi connectivity index (χ3v) is 4.94. The van der Waals surface area contributed by atoms with Crippen molar-refractivity contribution in [3.8, 4) is 17.3 Å². The van der Waals surface area contributed by atoms with E-state index in [1.807, 2.05) is 38.1 Å². The topological polar surface area (TPSA) is 100 Å². The van der Waals surface area contributed by atoms with Crippen LogP contribution in [0, 0.1) is 13.8 Å². The van der Waals surface area contributed by atoms with Crippen molar-refractivity contribution in [1.29, 1.82) is 0 Å². The van der Waals surface area contributed by atoms with E-state index in [1.54, 1.807) is 31.9 Å². The van der Waals surface area contributed by atoms with Crippen molar-refractivity contribution in [1.82, 2.24) is 24.9 Å². The first kappa shape index (κ1) is 22.1. The molecule has 2 heterocycles. The Hall–Kier alpha value is -3.62. The van der Waals surface area contributed by atoms with Gasteiger partial charge in [-0.05, 0) is 57.0 Å². The number of amides is 1. The minimum absolute atomic E-state index is 0.291. The van der Waals surface area contributed by atoms with Crippen LogP contribution in [0.2, 0.25) is 0 Å². The summed E-state index contributed by atoms with van der Waals surface area (Å²) in [5, 5.41) is 11.6. The molecule has 1 amide bonds. The fourth-order valence-corrected chi connectivity index (χ4v) is 3.29. The average molecular weight is 425 g/mol. The van der Waals surface area contributed by atoms with Gasteiger partial charge in [0.15, 0.2) is 17.3 Å². The van der Waals surface area contributed by atoms with Crippen molar-refractivity contribution >= 4 is 5.91 Å². The molecule has 3 aromatic rings. The minimum Gasteiger partial charge on any atom is -0.493 e. The monoisotopic (exact) mass is 425 g/mol. The van der Waals surface area contributed by atoms with Crippen LogP contribution in [0.15, 0.2) is 41.2 Å². The summed E-state index contributed by atoms with van der Waals surface area (Å²) < 4.78 is 13.4. The van der Waals surface area contributed by atoms with Gasteiger partial charge in [0.1, 0.15) is 6.04 Å². The summed E-state index contributed by atoms with van der Waals surface area (Å²) >= 11 is 0. The highest BCUT2D eigenvalue weighted by Crippen LogP contribution is 2.27. The number of nitrogens with zero attached hydrogens (tertiary/aromatic N) is 4. The van der Waals surface area contributed by atoms with Crippen molar-refractivity contribution in [3.05, 3.63) is 63.7 Å². The maximum Gasteiger partial charge on any atom is 0.267 e. The van der Waals surface area contributed by atoms with E-state index in [0.29, 0.717) is 30.3 Å². The van der Waals surface area contributed by atoms with E-state index < -0.39 is 6.04 Å². The van der Waals surface area contributed by atoms with Gasteiger partial charge in [0.05, 0.1) is 19.9 Å². The van der Waals surface area contributed by atoms with Crippen LogP contribution >= 0.6 is 0 Å². The number of aryl methyl sites for hydroxylation is 2. The second kappa shape index (κ2) is 9.46. The first-order valence-corrected chi connectivity index (χ1v) is 9.96. The molecule has 0 aliphatic heterocycles. The number of hydrogen-bond acceptors (Lipinski definition) is 6. The molecule has 1 atom stereocenters. The largest absolute Gasteiger partial charge is 0.493 e. The maximum atomic E-state index is 12.7. The lowest BCUT2D eigenvalue weighted by molar-refractivity contribution is -0.124. The summed E-state index contributed by atoms with van der Waals surface area (Å²) in [6, 6.07) is 9.76. The Labute approximate surface area is 180 Å².